The molecule has 0 radical (unpaired) electrons. The maximum Gasteiger partial charge on any atom is 0.118 e. The van der Waals surface area contributed by atoms with Crippen LogP contribution in [-0.4, -0.2) is 17.7 Å². The number of rotatable bonds is 4. The average molecular weight is 322 g/mol. The van der Waals surface area contributed by atoms with Crippen LogP contribution in [0, 0.1) is 0 Å². The van der Waals surface area contributed by atoms with Gasteiger partial charge in [0, 0.05) is 9.79 Å². The third-order valence-corrected chi connectivity index (χ3v) is 4.87. The van der Waals surface area contributed by atoms with E-state index in [-0.39, 0.29) is 0 Å². The molecule has 0 aliphatic carbocycles. The smallest absolute Gasteiger partial charge is 0.118 e. The summed E-state index contributed by atoms with van der Waals surface area (Å²) in [4.78, 5) is 2.22. The summed E-state index contributed by atoms with van der Waals surface area (Å²) in [6.07, 6.45) is 0. The second-order valence-electron chi connectivity index (χ2n) is 3.81. The second kappa shape index (κ2) is 7.57. The average Bonchev–Trinajstić information content (AvgIpc) is 2.49. The van der Waals surface area contributed by atoms with Crippen LogP contribution in [0.15, 0.2) is 58.3 Å². The Balaban J connectivity index is 1.93. The van der Waals surface area contributed by atoms with E-state index in [0.29, 0.717) is 0 Å². The summed E-state index contributed by atoms with van der Waals surface area (Å²) in [5.74, 6) is 1.70. The first-order valence-electron chi connectivity index (χ1n) is 5.89. The highest BCUT2D eigenvalue weighted by molar-refractivity contribution is 8.47. The van der Waals surface area contributed by atoms with E-state index in [1.165, 1.54) is 0 Å². The molecule has 0 heterocycles. The lowest BCUT2D eigenvalue weighted by molar-refractivity contribution is 0.414. The van der Waals surface area contributed by atoms with Crippen LogP contribution < -0.4 is 9.47 Å². The molecule has 0 fully saturated rings. The highest BCUT2D eigenvalue weighted by Gasteiger charge is 2.04. The monoisotopic (exact) mass is 322 g/mol. The van der Waals surface area contributed by atoms with Gasteiger partial charge in [0.2, 0.25) is 0 Å². The van der Waals surface area contributed by atoms with Gasteiger partial charge in [-0.25, -0.2) is 0 Å². The molecule has 0 N–H and O–H groups in total. The molecule has 0 amide bonds. The Bertz CT molecular complexity index is 513. The zero-order valence-corrected chi connectivity index (χ0v) is 13.6. The lowest BCUT2D eigenvalue weighted by atomic mass is 10.3. The lowest BCUT2D eigenvalue weighted by Gasteiger charge is -2.05. The highest BCUT2D eigenvalue weighted by Crippen LogP contribution is 2.32. The molecule has 0 aliphatic rings. The van der Waals surface area contributed by atoms with Crippen molar-refractivity contribution in [2.24, 2.45) is 0 Å². The molecule has 2 nitrogen and oxygen atoms in total. The van der Waals surface area contributed by atoms with Gasteiger partial charge in [0.1, 0.15) is 15.0 Å². The van der Waals surface area contributed by atoms with E-state index in [1.807, 2.05) is 48.5 Å². The van der Waals surface area contributed by atoms with Crippen LogP contribution >= 0.6 is 35.7 Å². The molecule has 0 saturated carbocycles. The van der Waals surface area contributed by atoms with E-state index in [9.17, 15) is 0 Å². The van der Waals surface area contributed by atoms with E-state index in [2.05, 4.69) is 0 Å². The molecular formula is C15H14O2S3. The minimum absolute atomic E-state index is 0.850. The molecule has 0 atom stereocenters. The summed E-state index contributed by atoms with van der Waals surface area (Å²) in [7, 11) is 3.32. The van der Waals surface area contributed by atoms with Crippen molar-refractivity contribution in [3.63, 3.8) is 0 Å². The molecule has 2 rings (SSSR count). The fourth-order valence-electron chi connectivity index (χ4n) is 1.50. The van der Waals surface area contributed by atoms with Gasteiger partial charge in [-0.15, -0.1) is 0 Å². The van der Waals surface area contributed by atoms with Gasteiger partial charge < -0.3 is 9.47 Å². The predicted octanol–water partition coefficient (Wildman–Crippen LogP) is 4.87. The van der Waals surface area contributed by atoms with Crippen LogP contribution in [0.1, 0.15) is 0 Å². The standard InChI is InChI=1S/C15H14O2S3/c1-16-11-3-7-13(8-4-11)19-15(18)20-14-9-5-12(17-2)6-10-14/h3-10H,1-2H3. The van der Waals surface area contributed by atoms with Crippen molar-refractivity contribution < 1.29 is 9.47 Å². The lowest BCUT2D eigenvalue weighted by Crippen LogP contribution is -1.85. The number of thioether (sulfide) groups is 2. The van der Waals surface area contributed by atoms with E-state index < -0.39 is 0 Å². The summed E-state index contributed by atoms with van der Waals surface area (Å²) in [6, 6.07) is 15.8. The number of ether oxygens (including phenoxy) is 2. The summed E-state index contributed by atoms with van der Waals surface area (Å²) >= 11 is 8.55. The van der Waals surface area contributed by atoms with Crippen LogP contribution in [0.4, 0.5) is 0 Å². The molecule has 2 aromatic carbocycles. The Labute approximate surface area is 132 Å². The van der Waals surface area contributed by atoms with Crippen LogP contribution in [0.2, 0.25) is 0 Å². The third kappa shape index (κ3) is 4.44. The van der Waals surface area contributed by atoms with Gasteiger partial charge in [-0.3, -0.25) is 0 Å². The van der Waals surface area contributed by atoms with Gasteiger partial charge in [-0.2, -0.15) is 0 Å². The molecule has 0 bridgehead atoms. The Morgan fingerprint density at radius 2 is 1.10 bits per heavy atom. The van der Waals surface area contributed by atoms with Gasteiger partial charge in [0.05, 0.1) is 14.2 Å². The van der Waals surface area contributed by atoms with E-state index in [0.717, 1.165) is 24.8 Å². The second-order valence-corrected chi connectivity index (χ2v) is 7.16. The third-order valence-electron chi connectivity index (χ3n) is 2.52. The van der Waals surface area contributed by atoms with Crippen molar-refractivity contribution in [3.05, 3.63) is 48.5 Å². The molecule has 20 heavy (non-hydrogen) atoms. The fourth-order valence-corrected chi connectivity index (χ4v) is 3.75. The van der Waals surface area contributed by atoms with Crippen molar-refractivity contribution in [3.8, 4) is 11.5 Å². The largest absolute Gasteiger partial charge is 0.497 e. The van der Waals surface area contributed by atoms with Crippen LogP contribution in [0.3, 0.4) is 0 Å². The number of hydrogen-bond acceptors (Lipinski definition) is 5. The van der Waals surface area contributed by atoms with Crippen molar-refractivity contribution in [2.45, 2.75) is 9.79 Å². The summed E-state index contributed by atoms with van der Waals surface area (Å²) in [5.41, 5.74) is 0. The maximum absolute atomic E-state index is 5.40. The molecule has 0 aliphatic heterocycles. The minimum Gasteiger partial charge on any atom is -0.497 e. The number of benzene rings is 2. The topological polar surface area (TPSA) is 18.5 Å². The number of thiocarbonyl (C=S) groups is 1. The number of hydrogen-bond donors (Lipinski definition) is 0. The molecule has 0 saturated heterocycles. The van der Waals surface area contributed by atoms with Crippen molar-refractivity contribution in [2.75, 3.05) is 14.2 Å². The van der Waals surface area contributed by atoms with Crippen molar-refractivity contribution >= 4 is 39.3 Å². The van der Waals surface area contributed by atoms with E-state index >= 15 is 0 Å². The van der Waals surface area contributed by atoms with Crippen LogP contribution in [0.5, 0.6) is 11.5 Å². The van der Waals surface area contributed by atoms with E-state index in [4.69, 9.17) is 21.7 Å². The SMILES string of the molecule is COc1ccc(SC(=S)Sc2ccc(OC)cc2)cc1. The van der Waals surface area contributed by atoms with Crippen LogP contribution in [0.25, 0.3) is 0 Å². The van der Waals surface area contributed by atoms with Crippen LogP contribution in [-0.2, 0) is 0 Å². The Hall–Kier alpha value is -1.17. The zero-order valence-electron chi connectivity index (χ0n) is 11.2. The first-order chi connectivity index (χ1) is 9.71. The molecular weight excluding hydrogens is 308 g/mol. The first-order valence-corrected chi connectivity index (χ1v) is 7.93. The minimum atomic E-state index is 0.850. The van der Waals surface area contributed by atoms with Gasteiger partial charge >= 0.3 is 0 Å². The Kier molecular flexibility index (Phi) is 5.76. The quantitative estimate of drug-likeness (QED) is 0.588. The highest BCUT2D eigenvalue weighted by atomic mass is 32.2. The normalized spacial score (nSPS) is 10.1. The number of methoxy groups -OCH3 is 2. The zero-order chi connectivity index (χ0) is 14.4. The molecule has 2 aromatic rings. The van der Waals surface area contributed by atoms with E-state index in [1.54, 1.807) is 37.7 Å². The van der Waals surface area contributed by atoms with Gasteiger partial charge in [0.25, 0.3) is 0 Å². The van der Waals surface area contributed by atoms with Crippen molar-refractivity contribution in [1.82, 2.24) is 0 Å². The fraction of sp³-hybridized carbons (Fsp3) is 0.133. The molecule has 0 aromatic heterocycles. The molecule has 5 heteroatoms. The van der Waals surface area contributed by atoms with Gasteiger partial charge in [-0.05, 0) is 48.5 Å². The Morgan fingerprint density at radius 3 is 1.40 bits per heavy atom. The summed E-state index contributed by atoms with van der Waals surface area (Å²) in [5, 5.41) is 0. The summed E-state index contributed by atoms with van der Waals surface area (Å²) in [6.45, 7) is 0. The van der Waals surface area contributed by atoms with Gasteiger partial charge in [0.15, 0.2) is 0 Å². The van der Waals surface area contributed by atoms with Gasteiger partial charge in [-0.1, -0.05) is 35.7 Å². The maximum atomic E-state index is 5.40. The molecule has 104 valence electrons. The first kappa shape index (κ1) is 15.2. The molecule has 0 spiro atoms. The van der Waals surface area contributed by atoms with Crippen molar-refractivity contribution in [1.29, 1.82) is 0 Å². The Morgan fingerprint density at radius 1 is 0.750 bits per heavy atom. The predicted molar refractivity (Wildman–Crippen MR) is 90.3 cm³/mol. The summed E-state index contributed by atoms with van der Waals surface area (Å²) < 4.78 is 11.1. The molecule has 0 unspecified atom stereocenters.